The fourth-order valence-electron chi connectivity index (χ4n) is 8.50. The number of benzene rings is 7. The zero-order valence-electron chi connectivity index (χ0n) is 30.2. The average Bonchev–Trinajstić information content (AvgIpc) is 3.90. The second-order valence-corrected chi connectivity index (χ2v) is 13.9. The van der Waals surface area contributed by atoms with Gasteiger partial charge < -0.3 is 14.5 Å². The van der Waals surface area contributed by atoms with E-state index in [2.05, 4.69) is 162 Å². The lowest BCUT2D eigenvalue weighted by Gasteiger charge is -2.34. The molecule has 0 saturated heterocycles. The number of rotatable bonds is 7. The largest absolute Gasteiger partial charge is 0.449 e. The number of para-hydroxylation sites is 1. The highest BCUT2D eigenvalue weighted by Crippen LogP contribution is 2.62. The van der Waals surface area contributed by atoms with Crippen molar-refractivity contribution in [3.8, 4) is 45.3 Å². The maximum atomic E-state index is 7.18. The fourth-order valence-corrected chi connectivity index (χ4v) is 8.50. The molecule has 7 aromatic carbocycles. The van der Waals surface area contributed by atoms with Gasteiger partial charge in [-0.1, -0.05) is 152 Å². The standard InChI is InChI=1S/C51H36N2O2/c1-52-45(34-16-5-2-6-17-34)33-41(44-27-15-31-53-44)36-19-13-18-35(32-36)39-25-14-28-46-49(39)55-50-47(54-46)30-29-43-48(50)40-24-11-12-26-42(40)51(43,37-20-7-3-8-21-37)38-22-9-4-10-23-38/h2-33,53H,1H3/b41-33+,52-45?. The predicted molar refractivity (Wildman–Crippen MR) is 223 cm³/mol. The van der Waals surface area contributed by atoms with Gasteiger partial charge in [0, 0.05) is 35.6 Å². The van der Waals surface area contributed by atoms with E-state index in [0.29, 0.717) is 17.2 Å². The molecule has 0 amide bonds. The number of allylic oxidation sites excluding steroid dienone is 1. The molecule has 4 nitrogen and oxygen atoms in total. The lowest BCUT2D eigenvalue weighted by molar-refractivity contribution is 0.361. The molecule has 262 valence electrons. The topological polar surface area (TPSA) is 46.6 Å². The summed E-state index contributed by atoms with van der Waals surface area (Å²) in [5, 5.41) is 0. The summed E-state index contributed by atoms with van der Waals surface area (Å²) < 4.78 is 13.9. The number of aliphatic imine (C=N–C) groups is 1. The van der Waals surface area contributed by atoms with E-state index in [0.717, 1.165) is 56.1 Å². The predicted octanol–water partition coefficient (Wildman–Crippen LogP) is 12.5. The van der Waals surface area contributed by atoms with Crippen molar-refractivity contribution < 1.29 is 9.47 Å². The number of hydrogen-bond acceptors (Lipinski definition) is 3. The van der Waals surface area contributed by atoms with Crippen molar-refractivity contribution in [2.75, 3.05) is 7.05 Å². The molecular formula is C51H36N2O2. The maximum absolute atomic E-state index is 7.18. The smallest absolute Gasteiger partial charge is 0.178 e. The number of H-pyrrole nitrogens is 1. The van der Waals surface area contributed by atoms with Gasteiger partial charge in [-0.25, -0.2) is 0 Å². The molecule has 1 aliphatic carbocycles. The van der Waals surface area contributed by atoms with Gasteiger partial charge >= 0.3 is 0 Å². The van der Waals surface area contributed by atoms with E-state index >= 15 is 0 Å². The van der Waals surface area contributed by atoms with Gasteiger partial charge in [0.1, 0.15) is 0 Å². The van der Waals surface area contributed by atoms with Gasteiger partial charge in [0.2, 0.25) is 0 Å². The first-order valence-corrected chi connectivity index (χ1v) is 18.6. The van der Waals surface area contributed by atoms with E-state index in [1.807, 2.05) is 49.6 Å². The minimum absolute atomic E-state index is 0.540. The van der Waals surface area contributed by atoms with E-state index in [4.69, 9.17) is 9.47 Å². The molecule has 4 heteroatoms. The molecule has 2 heterocycles. The van der Waals surface area contributed by atoms with Crippen LogP contribution in [0.15, 0.2) is 199 Å². The highest BCUT2D eigenvalue weighted by molar-refractivity contribution is 6.13. The molecule has 55 heavy (non-hydrogen) atoms. The van der Waals surface area contributed by atoms with Crippen molar-refractivity contribution in [2.45, 2.75) is 5.41 Å². The monoisotopic (exact) mass is 708 g/mol. The number of aromatic nitrogens is 1. The second-order valence-electron chi connectivity index (χ2n) is 13.9. The van der Waals surface area contributed by atoms with Crippen LogP contribution in [0, 0.1) is 0 Å². The summed E-state index contributed by atoms with van der Waals surface area (Å²) in [6.45, 7) is 0. The van der Waals surface area contributed by atoms with Gasteiger partial charge in [-0.05, 0) is 80.9 Å². The van der Waals surface area contributed by atoms with Gasteiger partial charge in [-0.2, -0.15) is 0 Å². The van der Waals surface area contributed by atoms with Crippen molar-refractivity contribution in [3.63, 3.8) is 0 Å². The fraction of sp³-hybridized carbons (Fsp3) is 0.0392. The van der Waals surface area contributed by atoms with Gasteiger partial charge in [-0.3, -0.25) is 4.99 Å². The zero-order valence-corrected chi connectivity index (χ0v) is 30.2. The van der Waals surface area contributed by atoms with Crippen molar-refractivity contribution in [1.82, 2.24) is 4.98 Å². The minimum Gasteiger partial charge on any atom is -0.449 e. The first-order valence-electron chi connectivity index (χ1n) is 18.6. The zero-order chi connectivity index (χ0) is 36.8. The summed E-state index contributed by atoms with van der Waals surface area (Å²) in [7, 11) is 1.84. The van der Waals surface area contributed by atoms with Crippen LogP contribution in [0.1, 0.15) is 39.1 Å². The van der Waals surface area contributed by atoms with Crippen LogP contribution in [0.25, 0.3) is 27.8 Å². The lowest BCUT2D eigenvalue weighted by Crippen LogP contribution is -2.28. The summed E-state index contributed by atoms with van der Waals surface area (Å²) in [6.07, 6.45) is 4.11. The van der Waals surface area contributed by atoms with Crippen molar-refractivity contribution in [1.29, 1.82) is 0 Å². The third kappa shape index (κ3) is 5.25. The molecule has 0 spiro atoms. The number of nitrogens with zero attached hydrogens (tertiary/aromatic N) is 1. The second kappa shape index (κ2) is 13.4. The van der Waals surface area contributed by atoms with Crippen LogP contribution in [0.3, 0.4) is 0 Å². The molecule has 2 aliphatic rings. The van der Waals surface area contributed by atoms with Crippen molar-refractivity contribution in [2.24, 2.45) is 4.99 Å². The molecule has 1 aromatic heterocycles. The summed E-state index contributed by atoms with van der Waals surface area (Å²) in [5.74, 6) is 2.81. The lowest BCUT2D eigenvalue weighted by atomic mass is 9.68. The molecule has 1 aliphatic heterocycles. The van der Waals surface area contributed by atoms with Crippen LogP contribution < -0.4 is 9.47 Å². The van der Waals surface area contributed by atoms with Gasteiger partial charge in [0.15, 0.2) is 23.0 Å². The van der Waals surface area contributed by atoms with Crippen LogP contribution >= 0.6 is 0 Å². The van der Waals surface area contributed by atoms with Gasteiger partial charge in [0.25, 0.3) is 0 Å². The SMILES string of the molecule is CN=C(/C=C(\c1cccc(-c2cccc3c2Oc2c(ccc4c2-c2ccccc2C4(c2ccccc2)c2ccccc2)O3)c1)c1ccc[nH]1)c1ccccc1. The van der Waals surface area contributed by atoms with Crippen molar-refractivity contribution >= 4 is 11.3 Å². The first-order chi connectivity index (χ1) is 27.2. The first kappa shape index (κ1) is 32.5. The number of ether oxygens (including phenoxy) is 2. The van der Waals surface area contributed by atoms with Gasteiger partial charge in [-0.15, -0.1) is 0 Å². The Labute approximate surface area is 320 Å². The molecule has 0 radical (unpaired) electrons. The summed E-state index contributed by atoms with van der Waals surface area (Å²) in [4.78, 5) is 8.11. The van der Waals surface area contributed by atoms with E-state index in [1.54, 1.807) is 0 Å². The Balaban J connectivity index is 1.12. The Morgan fingerprint density at radius 3 is 1.93 bits per heavy atom. The summed E-state index contributed by atoms with van der Waals surface area (Å²) >= 11 is 0. The van der Waals surface area contributed by atoms with Crippen LogP contribution in [0.2, 0.25) is 0 Å². The molecule has 1 N–H and O–H groups in total. The molecule has 10 rings (SSSR count). The normalized spacial score (nSPS) is 13.8. The maximum Gasteiger partial charge on any atom is 0.178 e. The molecule has 8 aromatic rings. The summed E-state index contributed by atoms with van der Waals surface area (Å²) in [5.41, 5.74) is 13.5. The van der Waals surface area contributed by atoms with Gasteiger partial charge in [0.05, 0.1) is 11.1 Å². The average molecular weight is 709 g/mol. The Kier molecular flexibility index (Phi) is 7.88. The number of nitrogens with one attached hydrogen (secondary N) is 1. The molecule has 0 fully saturated rings. The number of hydrogen-bond donors (Lipinski definition) is 1. The van der Waals surface area contributed by atoms with Crippen LogP contribution in [0.4, 0.5) is 0 Å². The molecule has 0 unspecified atom stereocenters. The highest BCUT2D eigenvalue weighted by atomic mass is 16.6. The molecule has 0 bridgehead atoms. The van der Waals surface area contributed by atoms with E-state index in [1.165, 1.54) is 22.3 Å². The summed E-state index contributed by atoms with van der Waals surface area (Å²) in [6, 6.07) is 63.8. The highest BCUT2D eigenvalue weighted by Gasteiger charge is 2.48. The number of aromatic amines is 1. The van der Waals surface area contributed by atoms with E-state index < -0.39 is 5.41 Å². The quantitative estimate of drug-likeness (QED) is 0.168. The Hall–Kier alpha value is -7.17. The van der Waals surface area contributed by atoms with Crippen LogP contribution in [0.5, 0.6) is 23.0 Å². The third-order valence-electron chi connectivity index (χ3n) is 10.9. The van der Waals surface area contributed by atoms with Crippen LogP contribution in [-0.4, -0.2) is 17.7 Å². The van der Waals surface area contributed by atoms with E-state index in [-0.39, 0.29) is 0 Å². The number of fused-ring (bicyclic) bond motifs is 6. The van der Waals surface area contributed by atoms with E-state index in [9.17, 15) is 0 Å². The Bertz CT molecular complexity index is 2710. The van der Waals surface area contributed by atoms with Crippen LogP contribution in [-0.2, 0) is 5.41 Å². The van der Waals surface area contributed by atoms with Crippen molar-refractivity contribution in [3.05, 3.63) is 233 Å². The molecule has 0 saturated carbocycles. The molecule has 0 atom stereocenters. The minimum atomic E-state index is -0.540. The Morgan fingerprint density at radius 2 is 1.20 bits per heavy atom. The molecular weight excluding hydrogens is 673 g/mol. The Morgan fingerprint density at radius 1 is 0.545 bits per heavy atom. The third-order valence-corrected chi connectivity index (χ3v) is 10.9.